The van der Waals surface area contributed by atoms with Gasteiger partial charge in [-0.1, -0.05) is 26.2 Å². The van der Waals surface area contributed by atoms with Crippen LogP contribution in [0.15, 0.2) is 0 Å². The summed E-state index contributed by atoms with van der Waals surface area (Å²) in [7, 11) is 0. The minimum atomic E-state index is -1.14. The second-order valence-corrected chi connectivity index (χ2v) is 2.42. The van der Waals surface area contributed by atoms with Gasteiger partial charge in [-0.15, -0.1) is 0 Å². The van der Waals surface area contributed by atoms with Gasteiger partial charge in [0, 0.05) is 6.04 Å². The van der Waals surface area contributed by atoms with Crippen molar-refractivity contribution in [2.45, 2.75) is 38.6 Å². The Kier molecular flexibility index (Phi) is 12.1. The van der Waals surface area contributed by atoms with Gasteiger partial charge in [0.05, 0.1) is 5.97 Å². The van der Waals surface area contributed by atoms with E-state index in [0.717, 1.165) is 19.3 Å². The molecule has 60 valence electrons. The molecule has 0 fully saturated rings. The van der Waals surface area contributed by atoms with Crippen LogP contribution >= 0.6 is 0 Å². The predicted molar refractivity (Wildman–Crippen MR) is 37.1 cm³/mol. The molecule has 0 aromatic rings. The van der Waals surface area contributed by atoms with Crippen LogP contribution in [0.3, 0.4) is 0 Å². The van der Waals surface area contributed by atoms with Crippen molar-refractivity contribution in [3.05, 3.63) is 0 Å². The van der Waals surface area contributed by atoms with Crippen molar-refractivity contribution < 1.29 is 61.3 Å². The van der Waals surface area contributed by atoms with E-state index in [9.17, 15) is 9.90 Å². The van der Waals surface area contributed by atoms with Crippen LogP contribution in [0.1, 0.15) is 32.6 Å². The maximum atomic E-state index is 10.1. The van der Waals surface area contributed by atoms with Gasteiger partial charge in [-0.05, 0) is 6.42 Å². The van der Waals surface area contributed by atoms with E-state index in [0.29, 0.717) is 6.42 Å². The summed E-state index contributed by atoms with van der Waals surface area (Å²) >= 11 is 0. The number of hydrogen-bond donors (Lipinski definition) is 1. The van der Waals surface area contributed by atoms with Crippen LogP contribution in [0, 0.1) is 0 Å². The van der Waals surface area contributed by atoms with Gasteiger partial charge in [-0.25, -0.2) is 0 Å². The van der Waals surface area contributed by atoms with Crippen LogP contribution in [-0.2, 0) is 4.79 Å². The SMILES string of the molecule is CCCCCC(N)C(=O)[O-].[K+]. The molecule has 2 N–H and O–H groups in total. The Labute approximate surface area is 110 Å². The Balaban J connectivity index is 0. The quantitative estimate of drug-likeness (QED) is 0.358. The van der Waals surface area contributed by atoms with Crippen LogP contribution < -0.4 is 62.2 Å². The van der Waals surface area contributed by atoms with Crippen molar-refractivity contribution >= 4 is 5.97 Å². The monoisotopic (exact) mass is 183 g/mol. The average Bonchev–Trinajstić information content (AvgIpc) is 1.88. The first-order chi connectivity index (χ1) is 4.68. The second-order valence-electron chi connectivity index (χ2n) is 2.42. The zero-order valence-corrected chi connectivity index (χ0v) is 10.4. The Morgan fingerprint density at radius 1 is 1.55 bits per heavy atom. The summed E-state index contributed by atoms with van der Waals surface area (Å²) in [5.74, 6) is -1.14. The summed E-state index contributed by atoms with van der Waals surface area (Å²) in [6.45, 7) is 2.06. The molecular formula is C7H14KNO2. The largest absolute Gasteiger partial charge is 1.00 e. The van der Waals surface area contributed by atoms with Crippen molar-refractivity contribution in [2.24, 2.45) is 5.73 Å². The van der Waals surface area contributed by atoms with E-state index in [1.54, 1.807) is 0 Å². The molecule has 0 aromatic carbocycles. The molecule has 0 aliphatic rings. The van der Waals surface area contributed by atoms with Crippen molar-refractivity contribution in [3.63, 3.8) is 0 Å². The molecular weight excluding hydrogens is 169 g/mol. The number of aliphatic carboxylic acids is 1. The molecule has 1 atom stereocenters. The zero-order chi connectivity index (χ0) is 7.98. The fraction of sp³-hybridized carbons (Fsp3) is 0.857. The third-order valence-corrected chi connectivity index (χ3v) is 1.42. The third kappa shape index (κ3) is 8.98. The van der Waals surface area contributed by atoms with Crippen molar-refractivity contribution in [3.8, 4) is 0 Å². The van der Waals surface area contributed by atoms with Crippen LogP contribution in [-0.4, -0.2) is 12.0 Å². The second kappa shape index (κ2) is 9.16. The Morgan fingerprint density at radius 3 is 2.45 bits per heavy atom. The summed E-state index contributed by atoms with van der Waals surface area (Å²) < 4.78 is 0. The number of carboxylic acids is 1. The molecule has 1 unspecified atom stereocenters. The van der Waals surface area contributed by atoms with E-state index >= 15 is 0 Å². The average molecular weight is 183 g/mol. The molecule has 0 aliphatic heterocycles. The Morgan fingerprint density at radius 2 is 2.09 bits per heavy atom. The smallest absolute Gasteiger partial charge is 0.548 e. The number of carbonyl (C=O) groups is 1. The number of nitrogens with two attached hydrogens (primary N) is 1. The van der Waals surface area contributed by atoms with Gasteiger partial charge in [-0.3, -0.25) is 0 Å². The minimum absolute atomic E-state index is 0. The zero-order valence-electron chi connectivity index (χ0n) is 7.30. The van der Waals surface area contributed by atoms with Gasteiger partial charge in [0.25, 0.3) is 0 Å². The molecule has 0 radical (unpaired) electrons. The van der Waals surface area contributed by atoms with Gasteiger partial charge < -0.3 is 15.6 Å². The van der Waals surface area contributed by atoms with E-state index in [1.807, 2.05) is 0 Å². The fourth-order valence-corrected chi connectivity index (χ4v) is 0.732. The maximum Gasteiger partial charge on any atom is 1.00 e. The molecule has 3 nitrogen and oxygen atoms in total. The first-order valence-corrected chi connectivity index (χ1v) is 3.65. The van der Waals surface area contributed by atoms with E-state index in [2.05, 4.69) is 6.92 Å². The summed E-state index contributed by atoms with van der Waals surface area (Å²) in [6, 6.07) is -0.772. The third-order valence-electron chi connectivity index (χ3n) is 1.42. The molecule has 0 heterocycles. The van der Waals surface area contributed by atoms with Crippen molar-refractivity contribution in [2.75, 3.05) is 0 Å². The predicted octanol–water partition coefficient (Wildman–Crippen LogP) is -3.35. The van der Waals surface area contributed by atoms with Crippen LogP contribution in [0.4, 0.5) is 0 Å². The fourth-order valence-electron chi connectivity index (χ4n) is 0.732. The molecule has 0 amide bonds. The summed E-state index contributed by atoms with van der Waals surface area (Å²) in [5.41, 5.74) is 5.20. The van der Waals surface area contributed by atoms with Crippen LogP contribution in [0.25, 0.3) is 0 Å². The standard InChI is InChI=1S/C7H15NO2.K/c1-2-3-4-5-6(8)7(9)10;/h6H,2-5,8H2,1H3,(H,9,10);/q;+1/p-1. The van der Waals surface area contributed by atoms with Gasteiger partial charge in [0.1, 0.15) is 0 Å². The van der Waals surface area contributed by atoms with E-state index in [4.69, 9.17) is 5.73 Å². The molecule has 11 heavy (non-hydrogen) atoms. The topological polar surface area (TPSA) is 66.2 Å². The first-order valence-electron chi connectivity index (χ1n) is 3.65. The normalized spacial score (nSPS) is 11.8. The molecule has 0 saturated heterocycles. The first kappa shape index (κ1) is 14.6. The van der Waals surface area contributed by atoms with Gasteiger partial charge in [0.15, 0.2) is 0 Å². The number of carbonyl (C=O) groups excluding carboxylic acids is 1. The number of carboxylic acid groups (broad SMARTS) is 1. The summed E-state index contributed by atoms with van der Waals surface area (Å²) in [5, 5.41) is 10.1. The van der Waals surface area contributed by atoms with E-state index in [-0.39, 0.29) is 51.4 Å². The van der Waals surface area contributed by atoms with Gasteiger partial charge >= 0.3 is 51.4 Å². The summed E-state index contributed by atoms with van der Waals surface area (Å²) in [4.78, 5) is 10.1. The molecule has 0 saturated carbocycles. The number of rotatable bonds is 5. The van der Waals surface area contributed by atoms with Crippen LogP contribution in [0.5, 0.6) is 0 Å². The van der Waals surface area contributed by atoms with Crippen LogP contribution in [0.2, 0.25) is 0 Å². The van der Waals surface area contributed by atoms with Crippen molar-refractivity contribution in [1.82, 2.24) is 0 Å². The molecule has 0 spiro atoms. The minimum Gasteiger partial charge on any atom is -0.548 e. The molecule has 0 aromatic heterocycles. The molecule has 0 bridgehead atoms. The Bertz CT molecular complexity index is 109. The van der Waals surface area contributed by atoms with Crippen molar-refractivity contribution in [1.29, 1.82) is 0 Å². The van der Waals surface area contributed by atoms with Gasteiger partial charge in [0.2, 0.25) is 0 Å². The Hall–Kier alpha value is 1.07. The van der Waals surface area contributed by atoms with E-state index < -0.39 is 12.0 Å². The van der Waals surface area contributed by atoms with Gasteiger partial charge in [-0.2, -0.15) is 0 Å². The maximum absolute atomic E-state index is 10.1. The summed E-state index contributed by atoms with van der Waals surface area (Å²) in [6.07, 6.45) is 3.54. The van der Waals surface area contributed by atoms with E-state index in [1.165, 1.54) is 0 Å². The molecule has 0 rings (SSSR count). The number of unbranched alkanes of at least 4 members (excludes halogenated alkanes) is 2. The number of hydrogen-bond acceptors (Lipinski definition) is 3. The molecule has 0 aliphatic carbocycles. The molecule has 4 heteroatoms.